The number of allylic oxidation sites excluding steroid dienone is 1. The van der Waals surface area contributed by atoms with Crippen molar-refractivity contribution in [3.05, 3.63) is 11.6 Å². The summed E-state index contributed by atoms with van der Waals surface area (Å²) in [5.74, 6) is -0.823. The largest absolute Gasteiger partial charge is 0.475 e. The highest BCUT2D eigenvalue weighted by Gasteiger charge is 2.60. The second-order valence-electron chi connectivity index (χ2n) is 10.1. The van der Waals surface area contributed by atoms with Crippen molar-refractivity contribution in [1.82, 2.24) is 0 Å². The molecule has 0 aromatic carbocycles. The molecule has 0 aromatic heterocycles. The molecule has 0 aromatic rings. The third kappa shape index (κ3) is 2.84. The quantitative estimate of drug-likeness (QED) is 0.446. The van der Waals surface area contributed by atoms with Crippen LogP contribution in [0.15, 0.2) is 11.6 Å². The number of hydrogen-bond donors (Lipinski definition) is 1. The lowest BCUT2D eigenvalue weighted by Crippen LogP contribution is -2.51. The molecule has 7 atom stereocenters. The molecule has 3 saturated carbocycles. The van der Waals surface area contributed by atoms with Gasteiger partial charge >= 0.3 is 11.9 Å². The minimum Gasteiger partial charge on any atom is -0.475 e. The number of Topliss-reactive ketones (excluding diaryl/α,β-unsaturated/α-hetero) is 1. The molecule has 0 saturated heterocycles. The first-order valence-corrected chi connectivity index (χ1v) is 10.8. The molecule has 0 heterocycles. The van der Waals surface area contributed by atoms with Gasteiger partial charge in [-0.25, -0.2) is 4.79 Å². The Morgan fingerprint density at radius 1 is 1.07 bits per heavy atom. The van der Waals surface area contributed by atoms with E-state index in [1.165, 1.54) is 12.5 Å². The van der Waals surface area contributed by atoms with E-state index in [9.17, 15) is 19.5 Å². The Hall–Kier alpha value is -1.65. The van der Waals surface area contributed by atoms with Crippen LogP contribution < -0.4 is 0 Å². The zero-order valence-corrected chi connectivity index (χ0v) is 17.2. The Kier molecular flexibility index (Phi) is 4.71. The first-order valence-electron chi connectivity index (χ1n) is 10.8. The number of carbonyl (C=O) groups is 3. The number of hydrogen-bond acceptors (Lipinski definition) is 4. The highest BCUT2D eigenvalue weighted by molar-refractivity contribution is 6.33. The average molecular weight is 389 g/mol. The van der Waals surface area contributed by atoms with Crippen LogP contribution in [-0.4, -0.2) is 28.9 Å². The second kappa shape index (κ2) is 6.70. The minimum absolute atomic E-state index is 0.00582. The Bertz CT molecular complexity index is 739. The van der Waals surface area contributed by atoms with E-state index in [2.05, 4.69) is 19.9 Å². The summed E-state index contributed by atoms with van der Waals surface area (Å²) < 4.78 is 5.50. The lowest BCUT2D eigenvalue weighted by atomic mass is 9.47. The molecule has 1 N–H and O–H groups in total. The standard InChI is InChI=1S/C23H32O5/c1-13(24)28-15-8-10-22(2)14(12-15)4-5-16-17-6-7-19(20(25)21(26)27)23(17,3)11-9-18(16)22/h4,15-19H,5-12H2,1-3H3,(H,26,27)/t15-,16-,17-,18-,19+,22-,23-/m0/s1. The summed E-state index contributed by atoms with van der Waals surface area (Å²) in [5, 5.41) is 9.27. The van der Waals surface area contributed by atoms with Crippen molar-refractivity contribution in [2.24, 2.45) is 34.5 Å². The fourth-order valence-corrected chi connectivity index (χ4v) is 7.54. The molecule has 154 valence electrons. The summed E-state index contributed by atoms with van der Waals surface area (Å²) in [7, 11) is 0. The maximum Gasteiger partial charge on any atom is 0.372 e. The van der Waals surface area contributed by atoms with E-state index < -0.39 is 11.8 Å². The minimum atomic E-state index is -1.27. The predicted molar refractivity (Wildman–Crippen MR) is 103 cm³/mol. The van der Waals surface area contributed by atoms with Crippen LogP contribution in [0.4, 0.5) is 0 Å². The number of carboxylic acids is 1. The molecule has 28 heavy (non-hydrogen) atoms. The van der Waals surface area contributed by atoms with Gasteiger partial charge in [-0.2, -0.15) is 0 Å². The van der Waals surface area contributed by atoms with E-state index in [-0.39, 0.29) is 28.8 Å². The number of ether oxygens (including phenoxy) is 1. The summed E-state index contributed by atoms with van der Waals surface area (Å²) in [4.78, 5) is 35.0. The number of rotatable bonds is 3. The molecule has 0 amide bonds. The topological polar surface area (TPSA) is 80.7 Å². The highest BCUT2D eigenvalue weighted by atomic mass is 16.5. The first kappa shape index (κ1) is 19.7. The van der Waals surface area contributed by atoms with Crippen molar-refractivity contribution < 1.29 is 24.2 Å². The van der Waals surface area contributed by atoms with Crippen molar-refractivity contribution in [3.8, 4) is 0 Å². The second-order valence-corrected chi connectivity index (χ2v) is 10.1. The zero-order chi connectivity index (χ0) is 20.3. The Morgan fingerprint density at radius 2 is 1.82 bits per heavy atom. The predicted octanol–water partition coefficient (Wildman–Crippen LogP) is 4.15. The molecule has 0 unspecified atom stereocenters. The monoisotopic (exact) mass is 388 g/mol. The third-order valence-corrected chi connectivity index (χ3v) is 8.92. The summed E-state index contributed by atoms with van der Waals surface area (Å²) in [6.07, 6.45) is 9.90. The first-order chi connectivity index (χ1) is 13.2. The molecule has 0 bridgehead atoms. The van der Waals surface area contributed by atoms with E-state index in [4.69, 9.17) is 4.74 Å². The van der Waals surface area contributed by atoms with Crippen LogP contribution >= 0.6 is 0 Å². The molecule has 5 heteroatoms. The van der Waals surface area contributed by atoms with Crippen molar-refractivity contribution >= 4 is 17.7 Å². The lowest BCUT2D eigenvalue weighted by Gasteiger charge is -2.58. The van der Waals surface area contributed by atoms with Gasteiger partial charge in [0.2, 0.25) is 5.78 Å². The van der Waals surface area contributed by atoms with Crippen LogP contribution in [0.1, 0.15) is 72.1 Å². The number of fused-ring (bicyclic) bond motifs is 5. The number of aliphatic carboxylic acids is 1. The summed E-state index contributed by atoms with van der Waals surface area (Å²) >= 11 is 0. The van der Waals surface area contributed by atoms with Crippen molar-refractivity contribution in [2.45, 2.75) is 78.2 Å². The van der Waals surface area contributed by atoms with Crippen LogP contribution in [0.5, 0.6) is 0 Å². The molecule has 0 radical (unpaired) electrons. The zero-order valence-electron chi connectivity index (χ0n) is 17.2. The normalized spacial score (nSPS) is 44.5. The average Bonchev–Trinajstić information content (AvgIpc) is 2.98. The maximum atomic E-state index is 12.3. The maximum absolute atomic E-state index is 12.3. The van der Waals surface area contributed by atoms with E-state index in [0.29, 0.717) is 17.8 Å². The van der Waals surface area contributed by atoms with Crippen molar-refractivity contribution in [2.75, 3.05) is 0 Å². The smallest absolute Gasteiger partial charge is 0.372 e. The molecular weight excluding hydrogens is 356 g/mol. The van der Waals surface area contributed by atoms with Gasteiger partial charge in [-0.15, -0.1) is 0 Å². The molecule has 4 aliphatic carbocycles. The van der Waals surface area contributed by atoms with Crippen LogP contribution in [0.25, 0.3) is 0 Å². The van der Waals surface area contributed by atoms with Gasteiger partial charge in [0.1, 0.15) is 6.10 Å². The Labute approximate surface area is 166 Å². The molecule has 0 aliphatic heterocycles. The Balaban J connectivity index is 1.58. The SMILES string of the molecule is CC(=O)O[C@H]1CC[C@@]2(C)C(=CC[C@H]3[C@@H]4CC[C@H](C(=O)C(=O)O)[C@@]4(C)CC[C@@H]32)C1. The number of ketones is 1. The molecule has 0 spiro atoms. The van der Waals surface area contributed by atoms with E-state index >= 15 is 0 Å². The summed E-state index contributed by atoms with van der Waals surface area (Å²) in [6.45, 7) is 6.04. The van der Waals surface area contributed by atoms with Gasteiger partial charge in [0.25, 0.3) is 0 Å². The van der Waals surface area contributed by atoms with Crippen molar-refractivity contribution in [1.29, 1.82) is 0 Å². The fourth-order valence-electron chi connectivity index (χ4n) is 7.54. The summed E-state index contributed by atoms with van der Waals surface area (Å²) in [6, 6.07) is 0. The van der Waals surface area contributed by atoms with Crippen LogP contribution in [0.2, 0.25) is 0 Å². The number of carbonyl (C=O) groups excluding carboxylic acids is 2. The number of esters is 1. The molecule has 4 aliphatic rings. The van der Waals surface area contributed by atoms with Crippen LogP contribution in [0, 0.1) is 34.5 Å². The molecule has 5 nitrogen and oxygen atoms in total. The van der Waals surface area contributed by atoms with Crippen LogP contribution in [-0.2, 0) is 19.1 Å². The van der Waals surface area contributed by atoms with Gasteiger partial charge in [0.05, 0.1) is 0 Å². The summed E-state index contributed by atoms with van der Waals surface area (Å²) in [5.41, 5.74) is 1.43. The van der Waals surface area contributed by atoms with Gasteiger partial charge in [-0.1, -0.05) is 25.5 Å². The molecule has 4 rings (SSSR count). The third-order valence-electron chi connectivity index (χ3n) is 8.92. The van der Waals surface area contributed by atoms with Crippen molar-refractivity contribution in [3.63, 3.8) is 0 Å². The van der Waals surface area contributed by atoms with E-state index in [1.54, 1.807) is 0 Å². The Morgan fingerprint density at radius 3 is 2.50 bits per heavy atom. The molecular formula is C23H32O5. The number of carboxylic acid groups (broad SMARTS) is 1. The van der Waals surface area contributed by atoms with E-state index in [0.717, 1.165) is 51.4 Å². The van der Waals surface area contributed by atoms with Gasteiger partial charge in [-0.05, 0) is 73.5 Å². The highest BCUT2D eigenvalue weighted by Crippen LogP contribution is 2.66. The molecule has 3 fully saturated rings. The van der Waals surface area contributed by atoms with Gasteiger partial charge in [0.15, 0.2) is 0 Å². The van der Waals surface area contributed by atoms with E-state index in [1.807, 2.05) is 0 Å². The van der Waals surface area contributed by atoms with Crippen LogP contribution in [0.3, 0.4) is 0 Å². The van der Waals surface area contributed by atoms with Gasteiger partial charge in [-0.3, -0.25) is 9.59 Å². The lowest BCUT2D eigenvalue weighted by molar-refractivity contribution is -0.154. The fraction of sp³-hybridized carbons (Fsp3) is 0.783. The van der Waals surface area contributed by atoms with Gasteiger partial charge < -0.3 is 9.84 Å². The van der Waals surface area contributed by atoms with Gasteiger partial charge in [0, 0.05) is 19.3 Å².